The molecule has 2 aromatic rings. The van der Waals surface area contributed by atoms with E-state index in [2.05, 4.69) is 0 Å². The molecule has 0 spiro atoms. The lowest BCUT2D eigenvalue weighted by Crippen LogP contribution is -2.25. The molecule has 0 saturated carbocycles. The third-order valence-electron chi connectivity index (χ3n) is 5.41. The summed E-state index contributed by atoms with van der Waals surface area (Å²) in [5, 5.41) is 1.15. The van der Waals surface area contributed by atoms with Gasteiger partial charge in [-0.05, 0) is 76.3 Å². The number of fused-ring (bicyclic) bond motifs is 1. The van der Waals surface area contributed by atoms with Crippen molar-refractivity contribution in [3.63, 3.8) is 0 Å². The summed E-state index contributed by atoms with van der Waals surface area (Å²) in [4.78, 5) is 39.1. The number of nitrogens with zero attached hydrogens (tertiary/aromatic N) is 3. The van der Waals surface area contributed by atoms with E-state index in [4.69, 9.17) is 19.5 Å². The van der Waals surface area contributed by atoms with E-state index < -0.39 is 5.60 Å². The number of allylic oxidation sites excluding steroid dienone is 4. The molecule has 0 atom stereocenters. The van der Waals surface area contributed by atoms with Gasteiger partial charge in [-0.25, -0.2) is 19.4 Å². The molecule has 3 rings (SSSR count). The molecule has 1 aliphatic carbocycles. The highest BCUT2D eigenvalue weighted by molar-refractivity contribution is 5.96. The fourth-order valence-electron chi connectivity index (χ4n) is 3.68. The van der Waals surface area contributed by atoms with E-state index >= 15 is 0 Å². The number of ether oxygens (including phenoxy) is 1. The summed E-state index contributed by atoms with van der Waals surface area (Å²) in [6.07, 6.45) is 6.40. The van der Waals surface area contributed by atoms with Crippen LogP contribution < -0.4 is 0 Å². The van der Waals surface area contributed by atoms with Crippen LogP contribution in [0, 0.1) is 0 Å². The van der Waals surface area contributed by atoms with Crippen molar-refractivity contribution < 1.29 is 23.6 Å². The van der Waals surface area contributed by atoms with Crippen molar-refractivity contribution in [1.82, 2.24) is 15.0 Å². The number of hydrogen-bond donors (Lipinski definition) is 0. The molecule has 1 amide bonds. The highest BCUT2D eigenvalue weighted by atomic mass is 19.1. The standard InChI is InChI=1S/C26H32FN3O4/c1-26(2,3)34-23(31)9-7-6-8-21-24(17-10-13-19(27)14-11-17)29-20-15-12-18(16-22(20)28-21)25(32)30(4)33-5/h10,12-13,15-16H,6-9,11,14H2,1-5H3. The second-order valence-electron chi connectivity index (χ2n) is 9.31. The van der Waals surface area contributed by atoms with Gasteiger partial charge in [0.15, 0.2) is 0 Å². The minimum atomic E-state index is -0.504. The highest BCUT2D eigenvalue weighted by Crippen LogP contribution is 2.30. The van der Waals surface area contributed by atoms with E-state index in [1.54, 1.807) is 31.3 Å². The molecule has 182 valence electrons. The van der Waals surface area contributed by atoms with Crippen molar-refractivity contribution in [2.75, 3.05) is 14.2 Å². The van der Waals surface area contributed by atoms with E-state index in [9.17, 15) is 14.0 Å². The summed E-state index contributed by atoms with van der Waals surface area (Å²) >= 11 is 0. The number of rotatable bonds is 8. The van der Waals surface area contributed by atoms with Gasteiger partial charge in [-0.3, -0.25) is 14.4 Å². The predicted molar refractivity (Wildman–Crippen MR) is 128 cm³/mol. The molecule has 0 radical (unpaired) electrons. The fraction of sp³-hybridized carbons (Fsp3) is 0.462. The third-order valence-corrected chi connectivity index (χ3v) is 5.41. The Bertz CT molecular complexity index is 1130. The molecule has 0 unspecified atom stereocenters. The van der Waals surface area contributed by atoms with Crippen LogP contribution in [0.1, 0.15) is 74.6 Å². The van der Waals surface area contributed by atoms with Gasteiger partial charge in [0.2, 0.25) is 0 Å². The van der Waals surface area contributed by atoms with Crippen molar-refractivity contribution in [3.8, 4) is 0 Å². The first-order valence-corrected chi connectivity index (χ1v) is 11.5. The molecule has 0 bridgehead atoms. The van der Waals surface area contributed by atoms with Crippen LogP contribution >= 0.6 is 0 Å². The maximum atomic E-state index is 13.6. The molecule has 1 aromatic heterocycles. The number of hydroxylamine groups is 2. The average molecular weight is 470 g/mol. The van der Waals surface area contributed by atoms with Gasteiger partial charge in [-0.2, -0.15) is 0 Å². The van der Waals surface area contributed by atoms with Gasteiger partial charge in [-0.15, -0.1) is 0 Å². The Morgan fingerprint density at radius 2 is 1.85 bits per heavy atom. The molecule has 1 heterocycles. The summed E-state index contributed by atoms with van der Waals surface area (Å²) in [6, 6.07) is 5.14. The molecule has 7 nitrogen and oxygen atoms in total. The Labute approximate surface area is 199 Å². The molecule has 0 saturated heterocycles. The van der Waals surface area contributed by atoms with Crippen LogP contribution in [0.5, 0.6) is 0 Å². The number of esters is 1. The van der Waals surface area contributed by atoms with E-state index in [1.165, 1.54) is 13.2 Å². The lowest BCUT2D eigenvalue weighted by molar-refractivity contribution is -0.154. The number of hydrogen-bond acceptors (Lipinski definition) is 6. The number of carbonyl (C=O) groups excluding carboxylic acids is 2. The molecule has 0 fully saturated rings. The second kappa shape index (κ2) is 10.9. The zero-order valence-electron chi connectivity index (χ0n) is 20.5. The third kappa shape index (κ3) is 6.70. The first kappa shape index (κ1) is 25.5. The number of aryl methyl sites for hydroxylation is 1. The van der Waals surface area contributed by atoms with Crippen LogP contribution in [0.25, 0.3) is 16.6 Å². The Hall–Kier alpha value is -3.13. The van der Waals surface area contributed by atoms with Crippen molar-refractivity contribution in [1.29, 1.82) is 0 Å². The molecular weight excluding hydrogens is 437 g/mol. The summed E-state index contributed by atoms with van der Waals surface area (Å²) in [7, 11) is 2.97. The Morgan fingerprint density at radius 3 is 2.50 bits per heavy atom. The molecule has 34 heavy (non-hydrogen) atoms. The van der Waals surface area contributed by atoms with Gasteiger partial charge in [0.05, 0.1) is 29.5 Å². The molecule has 0 aliphatic heterocycles. The number of amides is 1. The average Bonchev–Trinajstić information content (AvgIpc) is 2.79. The number of halogens is 1. The maximum absolute atomic E-state index is 13.6. The zero-order valence-corrected chi connectivity index (χ0v) is 20.5. The maximum Gasteiger partial charge on any atom is 0.306 e. The van der Waals surface area contributed by atoms with E-state index in [0.717, 1.165) is 28.4 Å². The van der Waals surface area contributed by atoms with E-state index in [0.29, 0.717) is 48.7 Å². The molecule has 1 aliphatic rings. The van der Waals surface area contributed by atoms with Crippen molar-refractivity contribution in [3.05, 3.63) is 53.1 Å². The van der Waals surface area contributed by atoms with Crippen LogP contribution in [-0.2, 0) is 20.8 Å². The Morgan fingerprint density at radius 1 is 1.09 bits per heavy atom. The fourth-order valence-corrected chi connectivity index (χ4v) is 3.68. The molecule has 1 aromatic carbocycles. The van der Waals surface area contributed by atoms with Crippen LogP contribution in [-0.4, -0.2) is 46.7 Å². The van der Waals surface area contributed by atoms with Crippen molar-refractivity contribution in [2.45, 2.75) is 64.9 Å². The minimum Gasteiger partial charge on any atom is -0.460 e. The van der Waals surface area contributed by atoms with Crippen LogP contribution in [0.2, 0.25) is 0 Å². The van der Waals surface area contributed by atoms with Crippen molar-refractivity contribution >= 4 is 28.5 Å². The Balaban J connectivity index is 1.86. The van der Waals surface area contributed by atoms with Crippen molar-refractivity contribution in [2.24, 2.45) is 0 Å². The second-order valence-corrected chi connectivity index (χ2v) is 9.31. The van der Waals surface area contributed by atoms with Gasteiger partial charge < -0.3 is 4.74 Å². The zero-order chi connectivity index (χ0) is 24.9. The number of benzene rings is 1. The number of carbonyl (C=O) groups is 2. The smallest absolute Gasteiger partial charge is 0.306 e. The Kier molecular flexibility index (Phi) is 8.15. The summed E-state index contributed by atoms with van der Waals surface area (Å²) in [5.74, 6) is -0.662. The lowest BCUT2D eigenvalue weighted by Gasteiger charge is -2.19. The topological polar surface area (TPSA) is 81.6 Å². The van der Waals surface area contributed by atoms with E-state index in [-0.39, 0.29) is 17.7 Å². The van der Waals surface area contributed by atoms with Gasteiger partial charge in [0.1, 0.15) is 11.4 Å². The largest absolute Gasteiger partial charge is 0.460 e. The summed E-state index contributed by atoms with van der Waals surface area (Å²) in [5.41, 5.74) is 3.62. The highest BCUT2D eigenvalue weighted by Gasteiger charge is 2.19. The molecule has 0 N–H and O–H groups in total. The van der Waals surface area contributed by atoms with Crippen LogP contribution in [0.3, 0.4) is 0 Å². The van der Waals surface area contributed by atoms with Gasteiger partial charge in [0.25, 0.3) is 5.91 Å². The van der Waals surface area contributed by atoms with Gasteiger partial charge in [-0.1, -0.05) is 6.08 Å². The van der Waals surface area contributed by atoms with Crippen LogP contribution in [0.4, 0.5) is 4.39 Å². The first-order valence-electron chi connectivity index (χ1n) is 11.5. The number of aromatic nitrogens is 2. The SMILES string of the molecule is CON(C)C(=O)c1ccc2nc(C3=CC=C(F)CC3)c(CCCCC(=O)OC(C)(C)C)nc2c1. The predicted octanol–water partition coefficient (Wildman–Crippen LogP) is 5.35. The lowest BCUT2D eigenvalue weighted by atomic mass is 9.97. The molecule has 8 heteroatoms. The summed E-state index contributed by atoms with van der Waals surface area (Å²) < 4.78 is 18.9. The quantitative estimate of drug-likeness (QED) is 0.295. The minimum absolute atomic E-state index is 0.151. The molecular formula is C26H32FN3O4. The van der Waals surface area contributed by atoms with Gasteiger partial charge >= 0.3 is 5.97 Å². The van der Waals surface area contributed by atoms with Gasteiger partial charge in [0, 0.05) is 25.5 Å². The van der Waals surface area contributed by atoms with Crippen LogP contribution in [0.15, 0.2) is 36.2 Å². The van der Waals surface area contributed by atoms with E-state index in [1.807, 2.05) is 20.8 Å². The number of unbranched alkanes of at least 4 members (excludes halogenated alkanes) is 1. The first-order chi connectivity index (χ1) is 16.1. The summed E-state index contributed by atoms with van der Waals surface area (Å²) in [6.45, 7) is 5.54. The normalized spacial score (nSPS) is 13.9. The monoisotopic (exact) mass is 469 g/mol.